The smallest absolute Gasteiger partial charge is 0.255 e. The quantitative estimate of drug-likeness (QED) is 0.911. The summed E-state index contributed by atoms with van der Waals surface area (Å²) in [5, 5.41) is 3.83. The van der Waals surface area contributed by atoms with Crippen molar-refractivity contribution >= 4 is 23.3 Å². The number of nitrogens with one attached hydrogen (secondary N) is 1. The first-order chi connectivity index (χ1) is 11.2. The van der Waals surface area contributed by atoms with Crippen LogP contribution in [0.5, 0.6) is 0 Å². The van der Waals surface area contributed by atoms with Gasteiger partial charge >= 0.3 is 0 Å². The van der Waals surface area contributed by atoms with Gasteiger partial charge < -0.3 is 19.7 Å². The minimum Gasteiger partial charge on any atom is -0.381 e. The van der Waals surface area contributed by atoms with Crippen molar-refractivity contribution in [3.8, 4) is 0 Å². The van der Waals surface area contributed by atoms with E-state index in [0.29, 0.717) is 54.9 Å². The Labute approximate surface area is 141 Å². The maximum atomic E-state index is 12.4. The maximum absolute atomic E-state index is 12.4. The summed E-state index contributed by atoms with van der Waals surface area (Å²) in [6.45, 7) is 2.37. The number of rotatable bonds is 4. The highest BCUT2D eigenvalue weighted by Crippen LogP contribution is 2.28. The van der Waals surface area contributed by atoms with Gasteiger partial charge in [0.1, 0.15) is 5.82 Å². The predicted octanol–water partition coefficient (Wildman–Crippen LogP) is 2.19. The number of ether oxygens (including phenoxy) is 2. The molecule has 1 amide bonds. The molecule has 3 rings (SSSR count). The Morgan fingerprint density at radius 3 is 2.87 bits per heavy atom. The normalized spacial score (nSPS) is 24.7. The van der Waals surface area contributed by atoms with Gasteiger partial charge in [-0.15, -0.1) is 0 Å². The summed E-state index contributed by atoms with van der Waals surface area (Å²) < 4.78 is 10.6. The third-order valence-corrected chi connectivity index (χ3v) is 4.73. The van der Waals surface area contributed by atoms with E-state index in [2.05, 4.69) is 10.3 Å². The lowest BCUT2D eigenvalue weighted by Gasteiger charge is -2.27. The topological polar surface area (TPSA) is 63.7 Å². The number of halogens is 1. The molecule has 2 aliphatic rings. The van der Waals surface area contributed by atoms with Crippen molar-refractivity contribution in [3.63, 3.8) is 0 Å². The lowest BCUT2D eigenvalue weighted by Crippen LogP contribution is -2.40. The van der Waals surface area contributed by atoms with Crippen LogP contribution in [0, 0.1) is 0 Å². The fourth-order valence-electron chi connectivity index (χ4n) is 3.09. The van der Waals surface area contributed by atoms with Crippen LogP contribution in [0.3, 0.4) is 0 Å². The number of morpholine rings is 1. The van der Waals surface area contributed by atoms with E-state index in [0.717, 1.165) is 19.3 Å². The number of methoxy groups -OCH3 is 1. The Bertz CT molecular complexity index is 564. The molecular formula is C16H22ClN3O3. The molecule has 1 N–H and O–H groups in total. The minimum atomic E-state index is -0.0467. The van der Waals surface area contributed by atoms with Gasteiger partial charge in [-0.05, 0) is 25.3 Å². The monoisotopic (exact) mass is 339 g/mol. The van der Waals surface area contributed by atoms with Gasteiger partial charge in [0.25, 0.3) is 5.91 Å². The molecule has 0 aromatic carbocycles. The molecule has 1 saturated carbocycles. The van der Waals surface area contributed by atoms with Crippen molar-refractivity contribution in [3.05, 3.63) is 22.8 Å². The first-order valence-electron chi connectivity index (χ1n) is 7.99. The van der Waals surface area contributed by atoms with Crippen LogP contribution < -0.4 is 5.32 Å². The van der Waals surface area contributed by atoms with E-state index in [1.165, 1.54) is 0 Å². The van der Waals surface area contributed by atoms with E-state index >= 15 is 0 Å². The lowest BCUT2D eigenvalue weighted by molar-refractivity contribution is 0.0302. The Hall–Kier alpha value is -1.37. The number of hydrogen-bond donors (Lipinski definition) is 1. The first-order valence-corrected chi connectivity index (χ1v) is 8.37. The van der Waals surface area contributed by atoms with E-state index in [1.54, 1.807) is 24.3 Å². The van der Waals surface area contributed by atoms with E-state index in [9.17, 15) is 4.79 Å². The highest BCUT2D eigenvalue weighted by Gasteiger charge is 2.25. The maximum Gasteiger partial charge on any atom is 0.255 e. The van der Waals surface area contributed by atoms with Crippen molar-refractivity contribution in [2.75, 3.05) is 38.7 Å². The second-order valence-electron chi connectivity index (χ2n) is 5.97. The third-order valence-electron chi connectivity index (χ3n) is 4.45. The van der Waals surface area contributed by atoms with Gasteiger partial charge in [-0.25, -0.2) is 4.98 Å². The van der Waals surface area contributed by atoms with Gasteiger partial charge in [0, 0.05) is 32.4 Å². The van der Waals surface area contributed by atoms with Crippen LogP contribution in [0.1, 0.15) is 29.6 Å². The highest BCUT2D eigenvalue weighted by molar-refractivity contribution is 6.33. The van der Waals surface area contributed by atoms with Gasteiger partial charge in [-0.3, -0.25) is 4.79 Å². The molecule has 23 heavy (non-hydrogen) atoms. The van der Waals surface area contributed by atoms with E-state index in [4.69, 9.17) is 21.1 Å². The standard InChI is InChI=1S/C16H22ClN3O3/c1-22-13-3-2-12(9-13)19-15-14(17)8-11(10-18-15)16(21)20-4-6-23-7-5-20/h8,10,12-13H,2-7,9H2,1H3,(H,18,19). The molecule has 2 atom stereocenters. The molecular weight excluding hydrogens is 318 g/mol. The fourth-order valence-corrected chi connectivity index (χ4v) is 3.31. The van der Waals surface area contributed by atoms with Crippen molar-refractivity contribution in [1.82, 2.24) is 9.88 Å². The van der Waals surface area contributed by atoms with Gasteiger partial charge in [0.05, 0.1) is 29.9 Å². The summed E-state index contributed by atoms with van der Waals surface area (Å²) in [7, 11) is 1.74. The van der Waals surface area contributed by atoms with E-state index in [-0.39, 0.29) is 5.91 Å². The molecule has 1 aromatic rings. The molecule has 126 valence electrons. The predicted molar refractivity (Wildman–Crippen MR) is 88.0 cm³/mol. The molecule has 0 bridgehead atoms. The van der Waals surface area contributed by atoms with Gasteiger partial charge in [0.2, 0.25) is 0 Å². The second kappa shape index (κ2) is 7.47. The number of aromatic nitrogens is 1. The Morgan fingerprint density at radius 1 is 1.43 bits per heavy atom. The number of amides is 1. The van der Waals surface area contributed by atoms with E-state index < -0.39 is 0 Å². The van der Waals surface area contributed by atoms with Crippen LogP contribution in [-0.4, -0.2) is 61.3 Å². The van der Waals surface area contributed by atoms with Crippen molar-refractivity contribution in [2.24, 2.45) is 0 Å². The molecule has 6 nitrogen and oxygen atoms in total. The molecule has 2 heterocycles. The van der Waals surface area contributed by atoms with Crippen LogP contribution >= 0.6 is 11.6 Å². The fraction of sp³-hybridized carbons (Fsp3) is 0.625. The van der Waals surface area contributed by atoms with Crippen molar-refractivity contribution in [2.45, 2.75) is 31.4 Å². The van der Waals surface area contributed by atoms with Crippen LogP contribution in [0.2, 0.25) is 5.02 Å². The molecule has 0 radical (unpaired) electrons. The molecule has 1 aliphatic heterocycles. The summed E-state index contributed by atoms with van der Waals surface area (Å²) in [4.78, 5) is 18.5. The average molecular weight is 340 g/mol. The van der Waals surface area contributed by atoms with Crippen LogP contribution in [0.25, 0.3) is 0 Å². The van der Waals surface area contributed by atoms with Crippen LogP contribution in [0.15, 0.2) is 12.3 Å². The number of anilines is 1. The molecule has 7 heteroatoms. The summed E-state index contributed by atoms with van der Waals surface area (Å²) in [6, 6.07) is 2.00. The number of pyridine rings is 1. The zero-order valence-corrected chi connectivity index (χ0v) is 14.0. The molecule has 1 saturated heterocycles. The first kappa shape index (κ1) is 16.5. The Balaban J connectivity index is 1.64. The van der Waals surface area contributed by atoms with Gasteiger partial charge in [0.15, 0.2) is 0 Å². The SMILES string of the molecule is COC1CCC(Nc2ncc(C(=O)N3CCOCC3)cc2Cl)C1. The van der Waals surface area contributed by atoms with Gasteiger partial charge in [-0.2, -0.15) is 0 Å². The molecule has 2 fully saturated rings. The lowest BCUT2D eigenvalue weighted by atomic mass is 10.2. The summed E-state index contributed by atoms with van der Waals surface area (Å²) in [6.07, 6.45) is 4.91. The number of carbonyl (C=O) groups excluding carboxylic acids is 1. The number of carbonyl (C=O) groups is 1. The Morgan fingerprint density at radius 2 is 2.22 bits per heavy atom. The zero-order valence-electron chi connectivity index (χ0n) is 13.3. The summed E-state index contributed by atoms with van der Waals surface area (Å²) in [5.41, 5.74) is 0.517. The van der Waals surface area contributed by atoms with Gasteiger partial charge in [-0.1, -0.05) is 11.6 Å². The summed E-state index contributed by atoms with van der Waals surface area (Å²) >= 11 is 6.31. The molecule has 2 unspecified atom stereocenters. The largest absolute Gasteiger partial charge is 0.381 e. The molecule has 0 spiro atoms. The third kappa shape index (κ3) is 3.94. The second-order valence-corrected chi connectivity index (χ2v) is 6.38. The van der Waals surface area contributed by atoms with E-state index in [1.807, 2.05) is 0 Å². The van der Waals surface area contributed by atoms with Crippen LogP contribution in [-0.2, 0) is 9.47 Å². The Kier molecular flexibility index (Phi) is 5.35. The van der Waals surface area contributed by atoms with Crippen molar-refractivity contribution in [1.29, 1.82) is 0 Å². The highest BCUT2D eigenvalue weighted by atomic mass is 35.5. The van der Waals surface area contributed by atoms with Crippen molar-refractivity contribution < 1.29 is 14.3 Å². The molecule has 1 aliphatic carbocycles. The average Bonchev–Trinajstić information content (AvgIpc) is 3.04. The number of hydrogen-bond acceptors (Lipinski definition) is 5. The summed E-state index contributed by atoms with van der Waals surface area (Å²) in [5.74, 6) is 0.585. The van der Waals surface area contributed by atoms with Crippen LogP contribution in [0.4, 0.5) is 5.82 Å². The zero-order chi connectivity index (χ0) is 16.2. The number of nitrogens with zero attached hydrogens (tertiary/aromatic N) is 2. The molecule has 1 aromatic heterocycles. The minimum absolute atomic E-state index is 0.0467.